The molecule has 2 heterocycles. The average molecular weight is 351 g/mol. The summed E-state index contributed by atoms with van der Waals surface area (Å²) < 4.78 is 0. The van der Waals surface area contributed by atoms with Crippen LogP contribution in [0.25, 0.3) is 11.0 Å². The van der Waals surface area contributed by atoms with Crippen molar-refractivity contribution in [1.82, 2.24) is 25.6 Å². The Kier molecular flexibility index (Phi) is 4.40. The second kappa shape index (κ2) is 6.86. The number of aliphatic hydroxyl groups is 1. The van der Waals surface area contributed by atoms with Gasteiger partial charge < -0.3 is 10.4 Å². The van der Waals surface area contributed by atoms with E-state index in [0.29, 0.717) is 29.6 Å². The first-order valence-corrected chi connectivity index (χ1v) is 8.69. The van der Waals surface area contributed by atoms with Crippen molar-refractivity contribution in [2.24, 2.45) is 0 Å². The molecule has 1 saturated heterocycles. The summed E-state index contributed by atoms with van der Waals surface area (Å²) in [5, 5.41) is 24.1. The molecule has 2 aromatic carbocycles. The van der Waals surface area contributed by atoms with Gasteiger partial charge in [0.2, 0.25) is 0 Å². The topological polar surface area (TPSA) is 94.1 Å². The fraction of sp³-hybridized carbons (Fsp3) is 0.316. The van der Waals surface area contributed by atoms with Crippen LogP contribution in [0.3, 0.4) is 0 Å². The van der Waals surface area contributed by atoms with Crippen LogP contribution in [0.4, 0.5) is 0 Å². The number of hydrogen-bond acceptors (Lipinski definition) is 5. The smallest absolute Gasteiger partial charge is 0.251 e. The largest absolute Gasteiger partial charge is 0.387 e. The van der Waals surface area contributed by atoms with Gasteiger partial charge in [-0.05, 0) is 30.2 Å². The molecule has 7 nitrogen and oxygen atoms in total. The molecule has 1 aromatic heterocycles. The summed E-state index contributed by atoms with van der Waals surface area (Å²) in [6.07, 6.45) is 0.641. The van der Waals surface area contributed by atoms with Crippen molar-refractivity contribution < 1.29 is 9.90 Å². The van der Waals surface area contributed by atoms with Crippen LogP contribution in [0.5, 0.6) is 0 Å². The maximum absolute atomic E-state index is 12.4. The summed E-state index contributed by atoms with van der Waals surface area (Å²) >= 11 is 0. The number of nitrogens with one attached hydrogen (secondary N) is 2. The molecule has 1 amide bonds. The Labute approximate surface area is 151 Å². The molecular weight excluding hydrogens is 330 g/mol. The van der Waals surface area contributed by atoms with E-state index in [-0.39, 0.29) is 12.5 Å². The second-order valence-electron chi connectivity index (χ2n) is 6.88. The van der Waals surface area contributed by atoms with Crippen LogP contribution in [0, 0.1) is 0 Å². The number of rotatable bonds is 5. The average Bonchev–Trinajstić information content (AvgIpc) is 3.27. The lowest BCUT2D eigenvalue weighted by Gasteiger charge is -2.24. The Morgan fingerprint density at radius 1 is 1.19 bits per heavy atom. The van der Waals surface area contributed by atoms with Crippen LogP contribution >= 0.6 is 0 Å². The predicted molar refractivity (Wildman–Crippen MR) is 97.5 cm³/mol. The molecule has 3 aromatic rings. The number of carbonyl (C=O) groups is 1. The summed E-state index contributed by atoms with van der Waals surface area (Å²) in [5.41, 5.74) is 2.19. The van der Waals surface area contributed by atoms with E-state index in [1.807, 2.05) is 18.2 Å². The van der Waals surface area contributed by atoms with Crippen LogP contribution in [-0.2, 0) is 6.54 Å². The summed E-state index contributed by atoms with van der Waals surface area (Å²) in [4.78, 5) is 14.6. The van der Waals surface area contributed by atoms with Crippen LogP contribution in [0.2, 0.25) is 0 Å². The second-order valence-corrected chi connectivity index (χ2v) is 6.88. The molecule has 134 valence electrons. The number of amides is 1. The molecule has 0 saturated carbocycles. The molecule has 1 fully saturated rings. The minimum absolute atomic E-state index is 0.218. The molecule has 26 heavy (non-hydrogen) atoms. The number of nitrogens with zero attached hydrogens (tertiary/aromatic N) is 3. The lowest BCUT2D eigenvalue weighted by molar-refractivity contribution is 0.0456. The van der Waals surface area contributed by atoms with Gasteiger partial charge in [0, 0.05) is 31.7 Å². The van der Waals surface area contributed by atoms with Gasteiger partial charge in [-0.3, -0.25) is 9.69 Å². The molecular formula is C19H21N5O2. The third kappa shape index (κ3) is 3.58. The third-order valence-electron chi connectivity index (χ3n) is 4.82. The number of likely N-dealkylation sites (tertiary alicyclic amines) is 1. The Morgan fingerprint density at radius 2 is 2.00 bits per heavy atom. The Bertz CT molecular complexity index is 910. The van der Waals surface area contributed by atoms with Crippen molar-refractivity contribution in [2.45, 2.75) is 18.6 Å². The van der Waals surface area contributed by atoms with E-state index in [1.165, 1.54) is 5.56 Å². The number of benzene rings is 2. The van der Waals surface area contributed by atoms with Gasteiger partial charge >= 0.3 is 0 Å². The molecule has 4 rings (SSSR count). The van der Waals surface area contributed by atoms with Gasteiger partial charge in [0.05, 0.1) is 5.60 Å². The van der Waals surface area contributed by atoms with E-state index >= 15 is 0 Å². The van der Waals surface area contributed by atoms with Crippen LogP contribution in [0.1, 0.15) is 22.3 Å². The summed E-state index contributed by atoms with van der Waals surface area (Å²) in [6, 6.07) is 15.3. The molecule has 1 aliphatic rings. The van der Waals surface area contributed by atoms with E-state index in [1.54, 1.807) is 18.2 Å². The molecule has 1 atom stereocenters. The maximum atomic E-state index is 12.4. The van der Waals surface area contributed by atoms with Crippen molar-refractivity contribution in [3.05, 3.63) is 59.7 Å². The summed E-state index contributed by atoms with van der Waals surface area (Å²) in [7, 11) is 0. The quantitative estimate of drug-likeness (QED) is 0.645. The highest BCUT2D eigenvalue weighted by molar-refractivity contribution is 5.97. The summed E-state index contributed by atoms with van der Waals surface area (Å²) in [5.74, 6) is -0.218. The molecule has 1 aliphatic heterocycles. The number of β-amino-alcohol motifs (C(OH)–C–C–N with tert-alkyl or cyclic N) is 1. The van der Waals surface area contributed by atoms with Gasteiger partial charge in [-0.2, -0.15) is 15.4 Å². The monoisotopic (exact) mass is 351 g/mol. The SMILES string of the molecule is O=C(NCC1(O)CCN(Cc2ccccc2)C1)c1ccc2n[nH]nc2c1. The summed E-state index contributed by atoms with van der Waals surface area (Å²) in [6.45, 7) is 2.39. The minimum atomic E-state index is -0.900. The fourth-order valence-electron chi connectivity index (χ4n) is 3.39. The van der Waals surface area contributed by atoms with Gasteiger partial charge in [0.1, 0.15) is 11.0 Å². The Hall–Kier alpha value is -2.77. The van der Waals surface area contributed by atoms with Gasteiger partial charge in [-0.25, -0.2) is 0 Å². The zero-order valence-electron chi connectivity index (χ0n) is 14.4. The van der Waals surface area contributed by atoms with Crippen molar-refractivity contribution in [1.29, 1.82) is 0 Å². The number of H-pyrrole nitrogens is 1. The van der Waals surface area contributed by atoms with Gasteiger partial charge in [0.15, 0.2) is 0 Å². The lowest BCUT2D eigenvalue weighted by atomic mass is 10.0. The van der Waals surface area contributed by atoms with E-state index in [4.69, 9.17) is 0 Å². The first kappa shape index (κ1) is 16.7. The van der Waals surface area contributed by atoms with Crippen molar-refractivity contribution in [3.8, 4) is 0 Å². The normalized spacial score (nSPS) is 20.5. The van der Waals surface area contributed by atoms with Crippen LogP contribution in [-0.4, -0.2) is 56.6 Å². The van der Waals surface area contributed by atoms with E-state index < -0.39 is 5.60 Å². The predicted octanol–water partition coefficient (Wildman–Crippen LogP) is 1.32. The fourth-order valence-corrected chi connectivity index (χ4v) is 3.39. The molecule has 0 aliphatic carbocycles. The third-order valence-corrected chi connectivity index (χ3v) is 4.82. The molecule has 1 unspecified atom stereocenters. The van der Waals surface area contributed by atoms with Gasteiger partial charge in [-0.15, -0.1) is 0 Å². The van der Waals surface area contributed by atoms with Crippen LogP contribution < -0.4 is 5.32 Å². The number of fused-ring (bicyclic) bond motifs is 1. The van der Waals surface area contributed by atoms with Gasteiger partial charge in [0.25, 0.3) is 5.91 Å². The van der Waals surface area contributed by atoms with E-state index in [9.17, 15) is 9.90 Å². The number of aromatic nitrogens is 3. The maximum Gasteiger partial charge on any atom is 0.251 e. The van der Waals surface area contributed by atoms with Crippen molar-refractivity contribution >= 4 is 16.9 Å². The standard InChI is InChI=1S/C19H21N5O2/c25-18(15-6-7-16-17(10-15)22-23-21-16)20-12-19(26)8-9-24(13-19)11-14-4-2-1-3-5-14/h1-7,10,26H,8-9,11-13H2,(H,20,25)(H,21,22,23). The zero-order chi connectivity index (χ0) is 18.0. The Balaban J connectivity index is 1.34. The highest BCUT2D eigenvalue weighted by Crippen LogP contribution is 2.22. The number of hydrogen-bond donors (Lipinski definition) is 3. The van der Waals surface area contributed by atoms with E-state index in [0.717, 1.165) is 13.1 Å². The molecule has 3 N–H and O–H groups in total. The van der Waals surface area contributed by atoms with Gasteiger partial charge in [-0.1, -0.05) is 30.3 Å². The highest BCUT2D eigenvalue weighted by Gasteiger charge is 2.36. The highest BCUT2D eigenvalue weighted by atomic mass is 16.3. The lowest BCUT2D eigenvalue weighted by Crippen LogP contribution is -2.44. The Morgan fingerprint density at radius 3 is 2.85 bits per heavy atom. The molecule has 7 heteroatoms. The van der Waals surface area contributed by atoms with Crippen molar-refractivity contribution in [2.75, 3.05) is 19.6 Å². The molecule has 0 bridgehead atoms. The zero-order valence-corrected chi connectivity index (χ0v) is 14.4. The molecule has 0 radical (unpaired) electrons. The van der Waals surface area contributed by atoms with Crippen molar-refractivity contribution in [3.63, 3.8) is 0 Å². The first-order chi connectivity index (χ1) is 12.6. The number of carbonyl (C=O) groups excluding carboxylic acids is 1. The first-order valence-electron chi connectivity index (χ1n) is 8.69. The molecule has 0 spiro atoms. The van der Waals surface area contributed by atoms with E-state index in [2.05, 4.69) is 37.8 Å². The minimum Gasteiger partial charge on any atom is -0.387 e. The van der Waals surface area contributed by atoms with Crippen LogP contribution in [0.15, 0.2) is 48.5 Å². The number of aromatic amines is 1.